The lowest BCUT2D eigenvalue weighted by atomic mass is 9.95. The number of nitrogens with zero attached hydrogens (tertiary/aromatic N) is 3. The second-order valence-corrected chi connectivity index (χ2v) is 13.2. The van der Waals surface area contributed by atoms with E-state index in [9.17, 15) is 0 Å². The third-order valence-corrected chi connectivity index (χ3v) is 10.2. The van der Waals surface area contributed by atoms with Gasteiger partial charge in [-0.1, -0.05) is 133 Å². The van der Waals surface area contributed by atoms with E-state index in [0.29, 0.717) is 17.5 Å². The van der Waals surface area contributed by atoms with Gasteiger partial charge in [-0.05, 0) is 85.3 Å². The van der Waals surface area contributed by atoms with Gasteiger partial charge in [-0.15, -0.1) is 0 Å². The smallest absolute Gasteiger partial charge is 0.164 e. The number of hydrogen-bond donors (Lipinski definition) is 0. The van der Waals surface area contributed by atoms with Crippen LogP contribution in [0.1, 0.15) is 0 Å². The monoisotopic (exact) mass is 649 g/mol. The second kappa shape index (κ2) is 10.8. The Morgan fingerprint density at radius 2 is 0.902 bits per heavy atom. The summed E-state index contributed by atoms with van der Waals surface area (Å²) in [6, 6.07) is 57.4. The molecule has 2 heterocycles. The summed E-state index contributed by atoms with van der Waals surface area (Å²) >= 11 is 0. The van der Waals surface area contributed by atoms with Crippen LogP contribution in [-0.2, 0) is 0 Å². The van der Waals surface area contributed by atoms with Crippen LogP contribution >= 0.6 is 0 Å². The largest absolute Gasteiger partial charge is 0.456 e. The number of furan rings is 1. The van der Waals surface area contributed by atoms with E-state index < -0.39 is 0 Å². The predicted molar refractivity (Wildman–Crippen MR) is 208 cm³/mol. The van der Waals surface area contributed by atoms with Crippen LogP contribution in [0.2, 0.25) is 0 Å². The molecule has 1 aliphatic carbocycles. The molecule has 51 heavy (non-hydrogen) atoms. The molecular weight excluding hydrogens is 623 g/mol. The van der Waals surface area contributed by atoms with Crippen LogP contribution in [0.5, 0.6) is 0 Å². The Kier molecular flexibility index (Phi) is 5.92. The van der Waals surface area contributed by atoms with Crippen LogP contribution in [0.3, 0.4) is 0 Å². The molecule has 4 heteroatoms. The van der Waals surface area contributed by atoms with E-state index >= 15 is 0 Å². The minimum atomic E-state index is 0.627. The first-order valence-corrected chi connectivity index (χ1v) is 17.2. The zero-order chi connectivity index (χ0) is 33.5. The van der Waals surface area contributed by atoms with Crippen LogP contribution < -0.4 is 0 Å². The average molecular weight is 650 g/mol. The highest BCUT2D eigenvalue weighted by molar-refractivity contribution is 6.20. The molecule has 0 amide bonds. The minimum absolute atomic E-state index is 0.627. The van der Waals surface area contributed by atoms with Crippen LogP contribution in [0.4, 0.5) is 0 Å². The molecule has 4 nitrogen and oxygen atoms in total. The summed E-state index contributed by atoms with van der Waals surface area (Å²) in [5.74, 6) is 1.91. The summed E-state index contributed by atoms with van der Waals surface area (Å²) < 4.78 is 6.58. The van der Waals surface area contributed by atoms with E-state index in [-0.39, 0.29) is 0 Å². The molecule has 0 N–H and O–H groups in total. The van der Waals surface area contributed by atoms with E-state index in [1.165, 1.54) is 38.4 Å². The minimum Gasteiger partial charge on any atom is -0.456 e. The van der Waals surface area contributed by atoms with Crippen molar-refractivity contribution in [3.63, 3.8) is 0 Å². The molecule has 0 saturated heterocycles. The third kappa shape index (κ3) is 4.37. The molecule has 0 unspecified atom stereocenters. The lowest BCUT2D eigenvalue weighted by molar-refractivity contribution is 0.669. The van der Waals surface area contributed by atoms with Gasteiger partial charge in [0.25, 0.3) is 0 Å². The zero-order valence-corrected chi connectivity index (χ0v) is 27.3. The molecule has 10 aromatic rings. The Morgan fingerprint density at radius 1 is 0.314 bits per heavy atom. The zero-order valence-electron chi connectivity index (χ0n) is 27.3. The average Bonchev–Trinajstić information content (AvgIpc) is 3.73. The van der Waals surface area contributed by atoms with Crippen molar-refractivity contribution >= 4 is 43.5 Å². The first-order valence-electron chi connectivity index (χ1n) is 17.2. The van der Waals surface area contributed by atoms with Gasteiger partial charge >= 0.3 is 0 Å². The number of fused-ring (bicyclic) bond motifs is 7. The fourth-order valence-electron chi connectivity index (χ4n) is 7.85. The van der Waals surface area contributed by atoms with Crippen LogP contribution in [0, 0.1) is 0 Å². The molecule has 236 valence electrons. The normalized spacial score (nSPS) is 11.9. The van der Waals surface area contributed by atoms with Crippen molar-refractivity contribution in [3.8, 4) is 67.5 Å². The molecule has 0 fully saturated rings. The fourth-order valence-corrected chi connectivity index (χ4v) is 7.85. The first-order chi connectivity index (χ1) is 25.2. The fraction of sp³-hybridized carbons (Fsp3) is 0. The van der Waals surface area contributed by atoms with Gasteiger partial charge < -0.3 is 4.42 Å². The topological polar surface area (TPSA) is 51.8 Å². The molecule has 0 radical (unpaired) electrons. The highest BCUT2D eigenvalue weighted by Crippen LogP contribution is 2.50. The number of aromatic nitrogens is 3. The van der Waals surface area contributed by atoms with E-state index in [0.717, 1.165) is 55.1 Å². The summed E-state index contributed by atoms with van der Waals surface area (Å²) in [6.07, 6.45) is 0. The van der Waals surface area contributed by atoms with Gasteiger partial charge in [0, 0.05) is 27.5 Å². The molecule has 8 aromatic carbocycles. The van der Waals surface area contributed by atoms with Crippen molar-refractivity contribution in [2.45, 2.75) is 0 Å². The summed E-state index contributed by atoms with van der Waals surface area (Å²) in [4.78, 5) is 15.1. The lowest BCUT2D eigenvalue weighted by Gasteiger charge is -2.11. The predicted octanol–water partition coefficient (Wildman–Crippen LogP) is 12.4. The van der Waals surface area contributed by atoms with E-state index in [4.69, 9.17) is 19.4 Å². The van der Waals surface area contributed by atoms with Crippen molar-refractivity contribution in [2.75, 3.05) is 0 Å². The maximum atomic E-state index is 6.58. The van der Waals surface area contributed by atoms with Gasteiger partial charge in [-0.3, -0.25) is 0 Å². The number of hydrogen-bond acceptors (Lipinski definition) is 4. The van der Waals surface area contributed by atoms with Gasteiger partial charge in [0.15, 0.2) is 17.5 Å². The second-order valence-electron chi connectivity index (χ2n) is 13.2. The summed E-state index contributed by atoms with van der Waals surface area (Å²) in [5.41, 5.74) is 11.8. The standard InChI is InChI=1S/C47H27N3O/c1-2-11-30(12-3-1)45-48-46(50-47(49-45)34-23-22-28-10-4-5-13-31(28)24-34)33-17-6-16-32(25-33)35-18-9-21-41-44(35)40-26-38-36-19-7-14-29-15-8-20-37(43(29)36)39(38)27-42(40)51-41/h1-27H. The highest BCUT2D eigenvalue weighted by atomic mass is 16.3. The van der Waals surface area contributed by atoms with E-state index in [2.05, 4.69) is 133 Å². The molecule has 0 bridgehead atoms. The maximum Gasteiger partial charge on any atom is 0.164 e. The van der Waals surface area contributed by atoms with Crippen LogP contribution in [0.15, 0.2) is 168 Å². The molecule has 0 saturated carbocycles. The van der Waals surface area contributed by atoms with Crippen molar-refractivity contribution in [1.29, 1.82) is 0 Å². The Balaban J connectivity index is 1.08. The van der Waals surface area contributed by atoms with Crippen molar-refractivity contribution in [1.82, 2.24) is 15.0 Å². The quantitative estimate of drug-likeness (QED) is 0.190. The summed E-state index contributed by atoms with van der Waals surface area (Å²) in [7, 11) is 0. The number of benzene rings is 8. The highest BCUT2D eigenvalue weighted by Gasteiger charge is 2.24. The molecule has 2 aromatic heterocycles. The maximum absolute atomic E-state index is 6.58. The van der Waals surface area contributed by atoms with Gasteiger partial charge in [0.05, 0.1) is 0 Å². The third-order valence-electron chi connectivity index (χ3n) is 10.2. The SMILES string of the molecule is c1ccc(-c2nc(-c3cccc(-c4cccc5oc6cc7c(cc6c45)-c4cccc5cccc-7c45)c3)nc(-c3ccc4ccccc4c3)n2)cc1. The molecule has 0 atom stereocenters. The van der Waals surface area contributed by atoms with E-state index in [1.54, 1.807) is 0 Å². The Bertz CT molecular complexity index is 3030. The Hall–Kier alpha value is -6.91. The van der Waals surface area contributed by atoms with Gasteiger partial charge in [0.1, 0.15) is 11.2 Å². The molecule has 0 aliphatic heterocycles. The van der Waals surface area contributed by atoms with Crippen molar-refractivity contribution < 1.29 is 4.42 Å². The molecule has 11 rings (SSSR count). The summed E-state index contributed by atoms with van der Waals surface area (Å²) in [6.45, 7) is 0. The number of rotatable bonds is 4. The van der Waals surface area contributed by atoms with Crippen molar-refractivity contribution in [3.05, 3.63) is 164 Å². The lowest BCUT2D eigenvalue weighted by Crippen LogP contribution is -2.00. The first kappa shape index (κ1) is 28.0. The van der Waals surface area contributed by atoms with E-state index in [1.807, 2.05) is 30.3 Å². The van der Waals surface area contributed by atoms with Gasteiger partial charge in [-0.2, -0.15) is 0 Å². The van der Waals surface area contributed by atoms with Crippen LogP contribution in [0.25, 0.3) is 111 Å². The van der Waals surface area contributed by atoms with Gasteiger partial charge in [0.2, 0.25) is 0 Å². The molecule has 0 spiro atoms. The van der Waals surface area contributed by atoms with Crippen LogP contribution in [-0.4, -0.2) is 15.0 Å². The molecular formula is C47H27N3O. The van der Waals surface area contributed by atoms with Gasteiger partial charge in [-0.25, -0.2) is 15.0 Å². The van der Waals surface area contributed by atoms with Crippen molar-refractivity contribution in [2.24, 2.45) is 0 Å². The Labute approximate surface area is 293 Å². The summed E-state index contributed by atoms with van der Waals surface area (Å²) in [5, 5.41) is 7.12. The Morgan fingerprint density at radius 3 is 1.71 bits per heavy atom. The molecule has 1 aliphatic rings.